The molecule has 2 nitrogen and oxygen atoms in total. The molecule has 1 aliphatic rings. The van der Waals surface area contributed by atoms with Crippen LogP contribution in [0.1, 0.15) is 43.5 Å². The maximum absolute atomic E-state index is 12.4. The van der Waals surface area contributed by atoms with Gasteiger partial charge in [-0.25, -0.2) is 0 Å². The number of nitrogens with zero attached hydrogens (tertiary/aromatic N) is 1. The number of alkyl halides is 1. The van der Waals surface area contributed by atoms with Gasteiger partial charge < -0.3 is 4.90 Å². The summed E-state index contributed by atoms with van der Waals surface area (Å²) >= 11 is 6.32. The molecule has 1 saturated heterocycles. The van der Waals surface area contributed by atoms with Crippen molar-refractivity contribution in [2.24, 2.45) is 5.92 Å². The van der Waals surface area contributed by atoms with Gasteiger partial charge in [-0.15, -0.1) is 11.6 Å². The van der Waals surface area contributed by atoms with Crippen molar-refractivity contribution in [3.05, 3.63) is 35.9 Å². The fourth-order valence-electron chi connectivity index (χ4n) is 2.72. The summed E-state index contributed by atoms with van der Waals surface area (Å²) < 4.78 is 0. The first kappa shape index (κ1) is 14.4. The van der Waals surface area contributed by atoms with Gasteiger partial charge in [0.15, 0.2) is 0 Å². The van der Waals surface area contributed by atoms with E-state index in [1.807, 2.05) is 35.2 Å². The van der Waals surface area contributed by atoms with Crippen LogP contribution in [0.5, 0.6) is 0 Å². The van der Waals surface area contributed by atoms with Crippen LogP contribution in [0.25, 0.3) is 0 Å². The summed E-state index contributed by atoms with van der Waals surface area (Å²) in [7, 11) is 0. The van der Waals surface area contributed by atoms with Gasteiger partial charge in [0.25, 0.3) is 0 Å². The molecular formula is C16H22ClNO. The Hall–Kier alpha value is -1.02. The Kier molecular flexibility index (Phi) is 5.26. The smallest absolute Gasteiger partial charge is 0.245 e. The zero-order valence-corrected chi connectivity index (χ0v) is 12.3. The standard InChI is InChI=1S/C16H22ClNO/c1-2-13-7-6-11-18(12-10-13)16(19)15(17)14-8-4-3-5-9-14/h3-5,8-9,13,15H,2,6-7,10-12H2,1H3. The SMILES string of the molecule is CCC1CCCN(C(=O)C(Cl)c2ccccc2)CC1. The summed E-state index contributed by atoms with van der Waals surface area (Å²) in [6.07, 6.45) is 4.66. The third kappa shape index (κ3) is 3.73. The van der Waals surface area contributed by atoms with Crippen molar-refractivity contribution >= 4 is 17.5 Å². The van der Waals surface area contributed by atoms with Crippen LogP contribution < -0.4 is 0 Å². The largest absolute Gasteiger partial charge is 0.341 e. The van der Waals surface area contributed by atoms with E-state index >= 15 is 0 Å². The van der Waals surface area contributed by atoms with Crippen LogP contribution in [0.3, 0.4) is 0 Å². The molecule has 0 aromatic heterocycles. The van der Waals surface area contributed by atoms with E-state index in [0.717, 1.165) is 37.4 Å². The van der Waals surface area contributed by atoms with Gasteiger partial charge in [-0.3, -0.25) is 4.79 Å². The molecule has 1 aromatic carbocycles. The lowest BCUT2D eigenvalue weighted by Gasteiger charge is -2.23. The van der Waals surface area contributed by atoms with Gasteiger partial charge in [-0.05, 0) is 30.7 Å². The number of carbonyl (C=O) groups is 1. The minimum Gasteiger partial charge on any atom is -0.341 e. The van der Waals surface area contributed by atoms with Gasteiger partial charge in [0.05, 0.1) is 0 Å². The summed E-state index contributed by atoms with van der Waals surface area (Å²) in [6, 6.07) is 9.63. The van der Waals surface area contributed by atoms with Crippen LogP contribution >= 0.6 is 11.6 Å². The average molecular weight is 280 g/mol. The molecule has 1 heterocycles. The van der Waals surface area contributed by atoms with Gasteiger partial charge in [0, 0.05) is 13.1 Å². The van der Waals surface area contributed by atoms with Gasteiger partial charge in [0.2, 0.25) is 5.91 Å². The number of hydrogen-bond donors (Lipinski definition) is 0. The highest BCUT2D eigenvalue weighted by Crippen LogP contribution is 2.26. The Morgan fingerprint density at radius 2 is 2.05 bits per heavy atom. The second-order valence-corrected chi connectivity index (χ2v) is 5.74. The Bertz CT molecular complexity index is 406. The van der Waals surface area contributed by atoms with Crippen LogP contribution in [0, 0.1) is 5.92 Å². The van der Waals surface area contributed by atoms with Crippen molar-refractivity contribution < 1.29 is 4.79 Å². The zero-order valence-electron chi connectivity index (χ0n) is 11.5. The molecule has 0 N–H and O–H groups in total. The topological polar surface area (TPSA) is 20.3 Å². The van der Waals surface area contributed by atoms with E-state index in [9.17, 15) is 4.79 Å². The van der Waals surface area contributed by atoms with E-state index in [4.69, 9.17) is 11.6 Å². The molecule has 19 heavy (non-hydrogen) atoms. The fourth-order valence-corrected chi connectivity index (χ4v) is 3.00. The van der Waals surface area contributed by atoms with Crippen LogP contribution in [-0.2, 0) is 4.79 Å². The van der Waals surface area contributed by atoms with Gasteiger partial charge in [0.1, 0.15) is 5.38 Å². The number of hydrogen-bond acceptors (Lipinski definition) is 1. The predicted octanol–water partition coefficient (Wildman–Crippen LogP) is 4.01. The second kappa shape index (κ2) is 6.95. The highest BCUT2D eigenvalue weighted by molar-refractivity contribution is 6.30. The summed E-state index contributed by atoms with van der Waals surface area (Å²) in [4.78, 5) is 14.4. The van der Waals surface area contributed by atoms with E-state index in [-0.39, 0.29) is 5.91 Å². The number of amides is 1. The number of carbonyl (C=O) groups excluding carboxylic acids is 1. The first-order valence-electron chi connectivity index (χ1n) is 7.20. The lowest BCUT2D eigenvalue weighted by atomic mass is 9.98. The van der Waals surface area contributed by atoms with E-state index < -0.39 is 5.38 Å². The molecule has 0 saturated carbocycles. The normalized spacial score (nSPS) is 21.8. The van der Waals surface area contributed by atoms with Crippen LogP contribution in [0.4, 0.5) is 0 Å². The molecule has 2 unspecified atom stereocenters. The maximum atomic E-state index is 12.4. The predicted molar refractivity (Wildman–Crippen MR) is 79.2 cm³/mol. The van der Waals surface area contributed by atoms with Crippen molar-refractivity contribution in [1.29, 1.82) is 0 Å². The Morgan fingerprint density at radius 3 is 2.74 bits per heavy atom. The Labute approximate surface area is 120 Å². The molecule has 0 spiro atoms. The summed E-state index contributed by atoms with van der Waals surface area (Å²) in [5, 5.41) is -0.542. The second-order valence-electron chi connectivity index (χ2n) is 5.30. The molecule has 1 aromatic rings. The lowest BCUT2D eigenvalue weighted by molar-refractivity contribution is -0.130. The number of benzene rings is 1. The van der Waals surface area contributed by atoms with Crippen molar-refractivity contribution in [3.8, 4) is 0 Å². The third-order valence-electron chi connectivity index (χ3n) is 4.05. The molecule has 1 amide bonds. The molecule has 104 valence electrons. The summed E-state index contributed by atoms with van der Waals surface area (Å²) in [5.74, 6) is 0.827. The van der Waals surface area contributed by atoms with E-state index in [0.29, 0.717) is 0 Å². The molecule has 1 fully saturated rings. The molecule has 2 atom stereocenters. The molecular weight excluding hydrogens is 258 g/mol. The first-order chi connectivity index (χ1) is 9.22. The first-order valence-corrected chi connectivity index (χ1v) is 7.63. The van der Waals surface area contributed by atoms with Crippen LogP contribution in [0.2, 0.25) is 0 Å². The monoisotopic (exact) mass is 279 g/mol. The fraction of sp³-hybridized carbons (Fsp3) is 0.562. The van der Waals surface area contributed by atoms with Gasteiger partial charge >= 0.3 is 0 Å². The minimum atomic E-state index is -0.542. The average Bonchev–Trinajstić information content (AvgIpc) is 2.72. The molecule has 2 rings (SSSR count). The van der Waals surface area contributed by atoms with E-state index in [1.54, 1.807) is 0 Å². The molecule has 0 aliphatic carbocycles. The van der Waals surface area contributed by atoms with Gasteiger partial charge in [-0.2, -0.15) is 0 Å². The highest BCUT2D eigenvalue weighted by atomic mass is 35.5. The van der Waals surface area contributed by atoms with Crippen LogP contribution in [0.15, 0.2) is 30.3 Å². The Balaban J connectivity index is 1.99. The Morgan fingerprint density at radius 1 is 1.32 bits per heavy atom. The van der Waals surface area contributed by atoms with Crippen molar-refractivity contribution in [1.82, 2.24) is 4.90 Å². The van der Waals surface area contributed by atoms with Crippen molar-refractivity contribution in [2.45, 2.75) is 38.0 Å². The molecule has 3 heteroatoms. The zero-order chi connectivity index (χ0) is 13.7. The van der Waals surface area contributed by atoms with E-state index in [1.165, 1.54) is 12.8 Å². The number of halogens is 1. The minimum absolute atomic E-state index is 0.0598. The summed E-state index contributed by atoms with van der Waals surface area (Å²) in [5.41, 5.74) is 0.894. The lowest BCUT2D eigenvalue weighted by Crippen LogP contribution is -2.34. The number of likely N-dealkylation sites (tertiary alicyclic amines) is 1. The van der Waals surface area contributed by atoms with Crippen molar-refractivity contribution in [2.75, 3.05) is 13.1 Å². The van der Waals surface area contributed by atoms with Crippen LogP contribution in [-0.4, -0.2) is 23.9 Å². The van der Waals surface area contributed by atoms with E-state index in [2.05, 4.69) is 6.92 Å². The maximum Gasteiger partial charge on any atom is 0.245 e. The quantitative estimate of drug-likeness (QED) is 0.766. The molecule has 1 aliphatic heterocycles. The number of rotatable bonds is 3. The van der Waals surface area contributed by atoms with Gasteiger partial charge in [-0.1, -0.05) is 43.7 Å². The summed E-state index contributed by atoms with van der Waals surface area (Å²) in [6.45, 7) is 3.94. The van der Waals surface area contributed by atoms with Crippen molar-refractivity contribution in [3.63, 3.8) is 0 Å². The third-order valence-corrected chi connectivity index (χ3v) is 4.48. The highest BCUT2D eigenvalue weighted by Gasteiger charge is 2.25. The molecule has 0 radical (unpaired) electrons. The molecule has 0 bridgehead atoms.